The summed E-state index contributed by atoms with van der Waals surface area (Å²) in [5.74, 6) is -0.0204. The number of hydrogen-bond donors (Lipinski definition) is 2. The molecule has 0 radical (unpaired) electrons. The largest absolute Gasteiger partial charge is 0.352 e. The molecule has 0 fully saturated rings. The Morgan fingerprint density at radius 2 is 2.50 bits per heavy atom. The standard InChI is InChI=1S/C7H14N2O/c1-3-4-7(10)9-6(2)5-8/h3,6H,1,4-5,8H2,2H3,(H,9,10)/t6-/m1/s1. The van der Waals surface area contributed by atoms with Crippen molar-refractivity contribution in [1.29, 1.82) is 0 Å². The lowest BCUT2D eigenvalue weighted by molar-refractivity contribution is -0.120. The van der Waals surface area contributed by atoms with E-state index in [1.165, 1.54) is 0 Å². The highest BCUT2D eigenvalue weighted by atomic mass is 16.1. The van der Waals surface area contributed by atoms with Gasteiger partial charge in [-0.25, -0.2) is 0 Å². The molecule has 0 rings (SSSR count). The van der Waals surface area contributed by atoms with Crippen LogP contribution in [0, 0.1) is 0 Å². The monoisotopic (exact) mass is 142 g/mol. The molecule has 0 aliphatic heterocycles. The van der Waals surface area contributed by atoms with E-state index in [-0.39, 0.29) is 11.9 Å². The van der Waals surface area contributed by atoms with E-state index in [1.54, 1.807) is 6.08 Å². The third-order valence-electron chi connectivity index (χ3n) is 1.09. The number of carbonyl (C=O) groups excluding carboxylic acids is 1. The number of hydrogen-bond acceptors (Lipinski definition) is 2. The first kappa shape index (κ1) is 9.17. The van der Waals surface area contributed by atoms with Crippen LogP contribution in [0.1, 0.15) is 13.3 Å². The van der Waals surface area contributed by atoms with E-state index in [4.69, 9.17) is 5.73 Å². The lowest BCUT2D eigenvalue weighted by Crippen LogP contribution is -2.37. The quantitative estimate of drug-likeness (QED) is 0.544. The van der Waals surface area contributed by atoms with Crippen LogP contribution in [0.15, 0.2) is 12.7 Å². The zero-order chi connectivity index (χ0) is 7.98. The van der Waals surface area contributed by atoms with Gasteiger partial charge in [-0.2, -0.15) is 0 Å². The number of amides is 1. The summed E-state index contributed by atoms with van der Waals surface area (Å²) in [6.45, 7) is 5.78. The Labute approximate surface area is 61.3 Å². The molecular formula is C7H14N2O. The van der Waals surface area contributed by atoms with Gasteiger partial charge in [0.1, 0.15) is 0 Å². The minimum atomic E-state index is -0.0204. The molecule has 0 aliphatic carbocycles. The number of carbonyl (C=O) groups is 1. The van der Waals surface area contributed by atoms with Crippen LogP contribution in [0.25, 0.3) is 0 Å². The predicted octanol–water partition coefficient (Wildman–Crippen LogP) is 0.0259. The average molecular weight is 142 g/mol. The van der Waals surface area contributed by atoms with Gasteiger partial charge in [-0.15, -0.1) is 6.58 Å². The highest BCUT2D eigenvalue weighted by Gasteiger charge is 2.01. The van der Waals surface area contributed by atoms with E-state index in [2.05, 4.69) is 11.9 Å². The van der Waals surface area contributed by atoms with Gasteiger partial charge in [0.05, 0.1) is 0 Å². The van der Waals surface area contributed by atoms with Gasteiger partial charge in [0.2, 0.25) is 5.91 Å². The lowest BCUT2D eigenvalue weighted by Gasteiger charge is -2.09. The molecule has 1 atom stereocenters. The van der Waals surface area contributed by atoms with Gasteiger partial charge in [-0.3, -0.25) is 4.79 Å². The fourth-order valence-corrected chi connectivity index (χ4v) is 0.524. The van der Waals surface area contributed by atoms with Gasteiger partial charge in [0.25, 0.3) is 0 Å². The molecule has 0 aliphatic rings. The summed E-state index contributed by atoms with van der Waals surface area (Å²) in [6, 6.07) is 0.0625. The molecule has 10 heavy (non-hydrogen) atoms. The Kier molecular flexibility index (Phi) is 4.58. The van der Waals surface area contributed by atoms with Crippen molar-refractivity contribution >= 4 is 5.91 Å². The molecule has 0 aromatic heterocycles. The molecule has 0 spiro atoms. The Bertz CT molecular complexity index is 123. The first-order valence-corrected chi connectivity index (χ1v) is 3.31. The van der Waals surface area contributed by atoms with Crippen molar-refractivity contribution < 1.29 is 4.79 Å². The van der Waals surface area contributed by atoms with Gasteiger partial charge < -0.3 is 11.1 Å². The molecule has 0 aromatic carbocycles. The number of nitrogens with two attached hydrogens (primary N) is 1. The zero-order valence-corrected chi connectivity index (χ0v) is 6.26. The summed E-state index contributed by atoms with van der Waals surface area (Å²) in [5.41, 5.74) is 5.28. The normalized spacial score (nSPS) is 12.2. The summed E-state index contributed by atoms with van der Waals surface area (Å²) < 4.78 is 0. The molecule has 3 N–H and O–H groups in total. The van der Waals surface area contributed by atoms with Crippen LogP contribution in [0.3, 0.4) is 0 Å². The maximum Gasteiger partial charge on any atom is 0.224 e. The van der Waals surface area contributed by atoms with E-state index in [0.717, 1.165) is 0 Å². The van der Waals surface area contributed by atoms with Crippen LogP contribution >= 0.6 is 0 Å². The molecule has 1 amide bonds. The molecule has 0 aromatic rings. The number of nitrogens with one attached hydrogen (secondary N) is 1. The first-order chi connectivity index (χ1) is 4.70. The van der Waals surface area contributed by atoms with Crippen LogP contribution in [0.4, 0.5) is 0 Å². The van der Waals surface area contributed by atoms with E-state index in [0.29, 0.717) is 13.0 Å². The van der Waals surface area contributed by atoms with E-state index < -0.39 is 0 Å². The lowest BCUT2D eigenvalue weighted by atomic mass is 10.3. The SMILES string of the molecule is C=CCC(=O)N[C@H](C)CN. The first-order valence-electron chi connectivity index (χ1n) is 3.31. The van der Waals surface area contributed by atoms with Crippen LogP contribution in [0.2, 0.25) is 0 Å². The minimum Gasteiger partial charge on any atom is -0.352 e. The molecule has 3 nitrogen and oxygen atoms in total. The second-order valence-corrected chi connectivity index (χ2v) is 2.20. The maximum absolute atomic E-state index is 10.8. The molecule has 0 unspecified atom stereocenters. The minimum absolute atomic E-state index is 0.0204. The summed E-state index contributed by atoms with van der Waals surface area (Å²) in [6.07, 6.45) is 1.93. The molecule has 3 heteroatoms. The van der Waals surface area contributed by atoms with Crippen molar-refractivity contribution in [3.63, 3.8) is 0 Å². The van der Waals surface area contributed by atoms with Crippen molar-refractivity contribution in [1.82, 2.24) is 5.32 Å². The fourth-order valence-electron chi connectivity index (χ4n) is 0.524. The van der Waals surface area contributed by atoms with Crippen LogP contribution in [-0.2, 0) is 4.79 Å². The van der Waals surface area contributed by atoms with Crippen molar-refractivity contribution in [2.24, 2.45) is 5.73 Å². The van der Waals surface area contributed by atoms with Crippen molar-refractivity contribution in [3.05, 3.63) is 12.7 Å². The molecular weight excluding hydrogens is 128 g/mol. The maximum atomic E-state index is 10.8. The van der Waals surface area contributed by atoms with Crippen molar-refractivity contribution in [2.75, 3.05) is 6.54 Å². The van der Waals surface area contributed by atoms with Crippen LogP contribution in [-0.4, -0.2) is 18.5 Å². The van der Waals surface area contributed by atoms with Crippen molar-refractivity contribution in [3.8, 4) is 0 Å². The van der Waals surface area contributed by atoms with E-state index in [1.807, 2.05) is 6.92 Å². The molecule has 58 valence electrons. The summed E-state index contributed by atoms with van der Waals surface area (Å²) >= 11 is 0. The predicted molar refractivity (Wildman–Crippen MR) is 41.5 cm³/mol. The van der Waals surface area contributed by atoms with Gasteiger partial charge in [0, 0.05) is 19.0 Å². The van der Waals surface area contributed by atoms with Gasteiger partial charge in [0.15, 0.2) is 0 Å². The fraction of sp³-hybridized carbons (Fsp3) is 0.571. The third-order valence-corrected chi connectivity index (χ3v) is 1.09. The zero-order valence-electron chi connectivity index (χ0n) is 6.26. The molecule has 0 bridgehead atoms. The highest BCUT2D eigenvalue weighted by molar-refractivity contribution is 5.77. The Morgan fingerprint density at radius 1 is 1.90 bits per heavy atom. The summed E-state index contributed by atoms with van der Waals surface area (Å²) in [4.78, 5) is 10.8. The third kappa shape index (κ3) is 4.09. The van der Waals surface area contributed by atoms with Crippen molar-refractivity contribution in [2.45, 2.75) is 19.4 Å². The van der Waals surface area contributed by atoms with E-state index >= 15 is 0 Å². The molecule has 0 saturated heterocycles. The second kappa shape index (κ2) is 4.99. The van der Waals surface area contributed by atoms with Crippen LogP contribution < -0.4 is 11.1 Å². The average Bonchev–Trinajstić information content (AvgIpc) is 1.88. The second-order valence-electron chi connectivity index (χ2n) is 2.20. The Morgan fingerprint density at radius 3 is 2.90 bits per heavy atom. The topological polar surface area (TPSA) is 55.1 Å². The smallest absolute Gasteiger partial charge is 0.224 e. The summed E-state index contributed by atoms with van der Waals surface area (Å²) in [7, 11) is 0. The Balaban J connectivity index is 3.46. The molecule has 0 heterocycles. The van der Waals surface area contributed by atoms with Crippen LogP contribution in [0.5, 0.6) is 0 Å². The van der Waals surface area contributed by atoms with Gasteiger partial charge in [-0.1, -0.05) is 6.08 Å². The van der Waals surface area contributed by atoms with E-state index in [9.17, 15) is 4.79 Å². The van der Waals surface area contributed by atoms with Gasteiger partial charge >= 0.3 is 0 Å². The van der Waals surface area contributed by atoms with Gasteiger partial charge in [-0.05, 0) is 6.92 Å². The number of rotatable bonds is 4. The summed E-state index contributed by atoms with van der Waals surface area (Å²) in [5, 5.41) is 2.70. The highest BCUT2D eigenvalue weighted by Crippen LogP contribution is 1.82. The molecule has 0 saturated carbocycles. The Hall–Kier alpha value is -0.830.